The molecular weight excluding hydrogens is 474 g/mol. The predicted octanol–water partition coefficient (Wildman–Crippen LogP) is 6.18. The average Bonchev–Trinajstić information content (AvgIpc) is 2.96. The highest BCUT2D eigenvalue weighted by Crippen LogP contribution is 2.26. The second-order valence-electron chi connectivity index (χ2n) is 9.57. The summed E-state index contributed by atoms with van der Waals surface area (Å²) in [6.45, 7) is 3.04. The maximum Gasteiger partial charge on any atom is 0.324 e. The number of nitrogens with zero attached hydrogens (tertiary/aromatic N) is 1. The average molecular weight is 508 g/mol. The lowest BCUT2D eigenvalue weighted by molar-refractivity contribution is -0.174. The molecule has 0 radical (unpaired) electrons. The number of hydrogen-bond acceptors (Lipinski definition) is 5. The van der Waals surface area contributed by atoms with E-state index in [0.29, 0.717) is 13.1 Å². The zero-order chi connectivity index (χ0) is 26.6. The van der Waals surface area contributed by atoms with Gasteiger partial charge in [-0.2, -0.15) is 0 Å². The minimum absolute atomic E-state index is 0.0819. The first kappa shape index (κ1) is 26.8. The van der Waals surface area contributed by atoms with Crippen molar-refractivity contribution in [3.05, 3.63) is 144 Å². The Morgan fingerprint density at radius 1 is 0.553 bits per heavy atom. The molecule has 0 saturated heterocycles. The number of esters is 2. The molecule has 0 atom stereocenters. The Balaban J connectivity index is 1.57. The number of benzene rings is 4. The van der Waals surface area contributed by atoms with Gasteiger partial charge in [0, 0.05) is 19.6 Å². The molecule has 0 saturated carbocycles. The Morgan fingerprint density at radius 2 is 0.868 bits per heavy atom. The maximum atomic E-state index is 13.6. The van der Waals surface area contributed by atoms with Crippen LogP contribution in [0.1, 0.15) is 29.2 Å². The molecule has 0 amide bonds. The van der Waals surface area contributed by atoms with E-state index < -0.39 is 17.4 Å². The SMILES string of the molecule is CC(CN(Cc1ccccc1)Cc1ccccc1)(C(=O)OCc1ccccc1)C(=O)OCc1ccccc1. The van der Waals surface area contributed by atoms with E-state index >= 15 is 0 Å². The van der Waals surface area contributed by atoms with E-state index in [4.69, 9.17) is 9.47 Å². The maximum absolute atomic E-state index is 13.6. The van der Waals surface area contributed by atoms with Crippen LogP contribution in [0.3, 0.4) is 0 Å². The van der Waals surface area contributed by atoms with Crippen molar-refractivity contribution in [2.45, 2.75) is 33.2 Å². The topological polar surface area (TPSA) is 55.8 Å². The van der Waals surface area contributed by atoms with Crippen LogP contribution < -0.4 is 0 Å². The minimum atomic E-state index is -1.53. The molecule has 0 unspecified atom stereocenters. The molecule has 5 heteroatoms. The zero-order valence-corrected chi connectivity index (χ0v) is 21.7. The Hall–Kier alpha value is -4.22. The van der Waals surface area contributed by atoms with Crippen molar-refractivity contribution in [1.82, 2.24) is 4.90 Å². The van der Waals surface area contributed by atoms with Crippen molar-refractivity contribution in [2.24, 2.45) is 5.41 Å². The lowest BCUT2D eigenvalue weighted by Crippen LogP contribution is -2.48. The van der Waals surface area contributed by atoms with Crippen LogP contribution in [0.5, 0.6) is 0 Å². The molecule has 0 spiro atoms. The fraction of sp³-hybridized carbons (Fsp3) is 0.212. The lowest BCUT2D eigenvalue weighted by atomic mass is 9.89. The first-order valence-corrected chi connectivity index (χ1v) is 12.8. The van der Waals surface area contributed by atoms with E-state index in [1.165, 1.54) is 0 Å². The Bertz CT molecular complexity index is 1180. The molecule has 0 aliphatic carbocycles. The van der Waals surface area contributed by atoms with Crippen LogP contribution in [0.15, 0.2) is 121 Å². The van der Waals surface area contributed by atoms with Crippen molar-refractivity contribution in [1.29, 1.82) is 0 Å². The standard InChI is InChI=1S/C33H33NO4/c1-33(31(35)37-24-29-18-10-4-11-19-29,32(36)38-25-30-20-12-5-13-21-30)26-34(22-27-14-6-2-7-15-27)23-28-16-8-3-9-17-28/h2-21H,22-26H2,1H3. The molecule has 0 aliphatic rings. The van der Waals surface area contributed by atoms with E-state index in [-0.39, 0.29) is 19.8 Å². The molecule has 0 fully saturated rings. The summed E-state index contributed by atoms with van der Waals surface area (Å²) in [5, 5.41) is 0. The van der Waals surface area contributed by atoms with Crippen molar-refractivity contribution in [2.75, 3.05) is 6.54 Å². The molecule has 4 rings (SSSR count). The first-order chi connectivity index (χ1) is 18.5. The molecule has 194 valence electrons. The van der Waals surface area contributed by atoms with Gasteiger partial charge in [0.25, 0.3) is 0 Å². The van der Waals surface area contributed by atoms with E-state index in [1.807, 2.05) is 121 Å². The molecule has 4 aromatic carbocycles. The van der Waals surface area contributed by atoms with Gasteiger partial charge in [-0.15, -0.1) is 0 Å². The Kier molecular flexibility index (Phi) is 9.43. The predicted molar refractivity (Wildman–Crippen MR) is 148 cm³/mol. The van der Waals surface area contributed by atoms with Crippen LogP contribution in [0.2, 0.25) is 0 Å². The van der Waals surface area contributed by atoms with Crippen molar-refractivity contribution < 1.29 is 19.1 Å². The summed E-state index contributed by atoms with van der Waals surface area (Å²) in [5.41, 5.74) is 2.34. The highest BCUT2D eigenvalue weighted by Gasteiger charge is 2.46. The highest BCUT2D eigenvalue weighted by atomic mass is 16.6. The Morgan fingerprint density at radius 3 is 1.21 bits per heavy atom. The van der Waals surface area contributed by atoms with Crippen LogP contribution in [-0.4, -0.2) is 23.4 Å². The fourth-order valence-electron chi connectivity index (χ4n) is 4.28. The van der Waals surface area contributed by atoms with Gasteiger partial charge in [0.1, 0.15) is 13.2 Å². The fourth-order valence-corrected chi connectivity index (χ4v) is 4.28. The van der Waals surface area contributed by atoms with Crippen LogP contribution >= 0.6 is 0 Å². The van der Waals surface area contributed by atoms with Gasteiger partial charge in [-0.3, -0.25) is 14.5 Å². The number of rotatable bonds is 12. The summed E-state index contributed by atoms with van der Waals surface area (Å²) >= 11 is 0. The van der Waals surface area contributed by atoms with Gasteiger partial charge in [0.15, 0.2) is 5.41 Å². The summed E-state index contributed by atoms with van der Waals surface area (Å²) in [6, 6.07) is 38.9. The van der Waals surface area contributed by atoms with Crippen LogP contribution in [0.25, 0.3) is 0 Å². The molecule has 0 aliphatic heterocycles. The number of carbonyl (C=O) groups excluding carboxylic acids is 2. The summed E-state index contributed by atoms with van der Waals surface area (Å²) < 4.78 is 11.4. The molecular formula is C33H33NO4. The van der Waals surface area contributed by atoms with Gasteiger partial charge in [-0.1, -0.05) is 121 Å². The van der Waals surface area contributed by atoms with Gasteiger partial charge >= 0.3 is 11.9 Å². The molecule has 0 N–H and O–H groups in total. The largest absolute Gasteiger partial charge is 0.460 e. The van der Waals surface area contributed by atoms with E-state index in [2.05, 4.69) is 4.90 Å². The highest BCUT2D eigenvalue weighted by molar-refractivity contribution is 6.00. The van der Waals surface area contributed by atoms with Gasteiger partial charge in [-0.05, 0) is 29.2 Å². The normalized spacial score (nSPS) is 11.2. The number of carbonyl (C=O) groups is 2. The molecule has 4 aromatic rings. The third kappa shape index (κ3) is 7.64. The quantitative estimate of drug-likeness (QED) is 0.169. The molecule has 0 heterocycles. The third-order valence-electron chi connectivity index (χ3n) is 6.36. The zero-order valence-electron chi connectivity index (χ0n) is 21.7. The first-order valence-electron chi connectivity index (χ1n) is 12.8. The number of ether oxygens (including phenoxy) is 2. The van der Waals surface area contributed by atoms with E-state index in [0.717, 1.165) is 22.3 Å². The number of hydrogen-bond donors (Lipinski definition) is 0. The Labute approximate surface area is 224 Å². The second-order valence-corrected chi connectivity index (χ2v) is 9.57. The van der Waals surface area contributed by atoms with Crippen molar-refractivity contribution >= 4 is 11.9 Å². The molecule has 38 heavy (non-hydrogen) atoms. The summed E-state index contributed by atoms with van der Waals surface area (Å²) in [7, 11) is 0. The van der Waals surface area contributed by atoms with E-state index in [9.17, 15) is 9.59 Å². The second kappa shape index (κ2) is 13.4. The van der Waals surface area contributed by atoms with Gasteiger partial charge in [0.05, 0.1) is 0 Å². The summed E-state index contributed by atoms with van der Waals surface area (Å²) in [6.07, 6.45) is 0. The van der Waals surface area contributed by atoms with Crippen LogP contribution in [0.4, 0.5) is 0 Å². The summed E-state index contributed by atoms with van der Waals surface area (Å²) in [4.78, 5) is 29.3. The molecule has 0 bridgehead atoms. The van der Waals surface area contributed by atoms with E-state index in [1.54, 1.807) is 6.92 Å². The van der Waals surface area contributed by atoms with Crippen LogP contribution in [-0.2, 0) is 45.4 Å². The van der Waals surface area contributed by atoms with Crippen molar-refractivity contribution in [3.63, 3.8) is 0 Å². The smallest absolute Gasteiger partial charge is 0.324 e. The van der Waals surface area contributed by atoms with Crippen LogP contribution in [0, 0.1) is 5.41 Å². The third-order valence-corrected chi connectivity index (χ3v) is 6.36. The lowest BCUT2D eigenvalue weighted by Gasteiger charge is -2.32. The van der Waals surface area contributed by atoms with Gasteiger partial charge < -0.3 is 9.47 Å². The molecule has 0 aromatic heterocycles. The minimum Gasteiger partial charge on any atom is -0.460 e. The summed E-state index contributed by atoms with van der Waals surface area (Å²) in [5.74, 6) is -1.21. The monoisotopic (exact) mass is 507 g/mol. The van der Waals surface area contributed by atoms with Gasteiger partial charge in [-0.25, -0.2) is 0 Å². The molecule has 5 nitrogen and oxygen atoms in total. The van der Waals surface area contributed by atoms with Gasteiger partial charge in [0.2, 0.25) is 0 Å². The van der Waals surface area contributed by atoms with Crippen molar-refractivity contribution in [3.8, 4) is 0 Å².